The van der Waals surface area contributed by atoms with E-state index in [1.807, 2.05) is 6.92 Å². The van der Waals surface area contributed by atoms with E-state index < -0.39 is 10.3 Å². The monoisotopic (exact) mass is 175 g/mol. The molecule has 4 nitrogen and oxygen atoms in total. The lowest BCUT2D eigenvalue weighted by molar-refractivity contribution is 0.417. The van der Waals surface area contributed by atoms with E-state index in [-0.39, 0.29) is 6.54 Å². The van der Waals surface area contributed by atoms with Gasteiger partial charge >= 0.3 is 10.3 Å². The molecule has 0 saturated carbocycles. The molecule has 0 amide bonds. The Morgan fingerprint density at radius 1 is 1.64 bits per heavy atom. The van der Waals surface area contributed by atoms with E-state index in [1.165, 1.54) is 6.20 Å². The second-order valence-electron chi connectivity index (χ2n) is 2.31. The average molecular weight is 175 g/mol. The summed E-state index contributed by atoms with van der Waals surface area (Å²) in [7, 11) is -4.05. The SMILES string of the molecule is CC1=CCN(S(=O)(=O)O)C=C1. The van der Waals surface area contributed by atoms with Gasteiger partial charge in [-0.05, 0) is 13.0 Å². The molecule has 1 aliphatic rings. The van der Waals surface area contributed by atoms with E-state index >= 15 is 0 Å². The highest BCUT2D eigenvalue weighted by atomic mass is 32.2. The zero-order valence-electron chi connectivity index (χ0n) is 6.06. The Bertz CT molecular complexity index is 302. The van der Waals surface area contributed by atoms with E-state index in [4.69, 9.17) is 4.55 Å². The van der Waals surface area contributed by atoms with E-state index in [0.29, 0.717) is 0 Å². The molecule has 0 aromatic heterocycles. The molecule has 0 unspecified atom stereocenters. The van der Waals surface area contributed by atoms with Crippen LogP contribution in [0, 0.1) is 0 Å². The number of nitrogens with zero attached hydrogens (tertiary/aromatic N) is 1. The fourth-order valence-corrected chi connectivity index (χ4v) is 1.21. The van der Waals surface area contributed by atoms with Crippen LogP contribution >= 0.6 is 0 Å². The first kappa shape index (κ1) is 8.29. The smallest absolute Gasteiger partial charge is 0.269 e. The van der Waals surface area contributed by atoms with Gasteiger partial charge in [-0.1, -0.05) is 11.6 Å². The summed E-state index contributed by atoms with van der Waals surface area (Å²) in [5.74, 6) is 0. The molecular formula is C6H9NO3S. The Labute approximate surface area is 65.7 Å². The number of hydrogen-bond acceptors (Lipinski definition) is 2. The maximum atomic E-state index is 10.5. The van der Waals surface area contributed by atoms with Crippen molar-refractivity contribution in [3.63, 3.8) is 0 Å². The molecule has 62 valence electrons. The van der Waals surface area contributed by atoms with Crippen molar-refractivity contribution in [2.75, 3.05) is 6.54 Å². The standard InChI is InChI=1S/C6H9NO3S/c1-6-2-4-7(5-3-6)11(8,9)10/h2-4H,5H2,1H3,(H,8,9,10). The molecule has 0 radical (unpaired) electrons. The predicted molar refractivity (Wildman–Crippen MR) is 41.2 cm³/mol. The van der Waals surface area contributed by atoms with Gasteiger partial charge in [0.15, 0.2) is 0 Å². The summed E-state index contributed by atoms with van der Waals surface area (Å²) < 4.78 is 30.4. The topological polar surface area (TPSA) is 57.6 Å². The van der Waals surface area contributed by atoms with Crippen molar-refractivity contribution in [2.45, 2.75) is 6.92 Å². The van der Waals surface area contributed by atoms with Crippen LogP contribution in [-0.2, 0) is 10.3 Å². The van der Waals surface area contributed by atoms with E-state index in [0.717, 1.165) is 9.88 Å². The molecule has 11 heavy (non-hydrogen) atoms. The van der Waals surface area contributed by atoms with Crippen LogP contribution in [0.4, 0.5) is 0 Å². The van der Waals surface area contributed by atoms with Crippen molar-refractivity contribution in [3.05, 3.63) is 23.9 Å². The number of hydrogen-bond donors (Lipinski definition) is 1. The molecule has 0 saturated heterocycles. The Hall–Kier alpha value is -0.810. The lowest BCUT2D eigenvalue weighted by atomic mass is 10.2. The van der Waals surface area contributed by atoms with Crippen LogP contribution < -0.4 is 0 Å². The molecule has 1 N–H and O–H groups in total. The van der Waals surface area contributed by atoms with E-state index in [9.17, 15) is 8.42 Å². The Kier molecular flexibility index (Phi) is 2.01. The molecule has 1 aliphatic heterocycles. The zero-order chi connectivity index (χ0) is 8.48. The minimum Gasteiger partial charge on any atom is -0.269 e. The summed E-state index contributed by atoms with van der Waals surface area (Å²) in [6.07, 6.45) is 4.68. The molecule has 0 fully saturated rings. The first-order chi connectivity index (χ1) is 5.00. The van der Waals surface area contributed by atoms with Crippen LogP contribution in [-0.4, -0.2) is 23.8 Å². The molecule has 0 atom stereocenters. The van der Waals surface area contributed by atoms with E-state index in [1.54, 1.807) is 12.2 Å². The molecule has 1 rings (SSSR count). The molecule has 0 aromatic carbocycles. The van der Waals surface area contributed by atoms with Gasteiger partial charge in [0.25, 0.3) is 0 Å². The van der Waals surface area contributed by atoms with Gasteiger partial charge in [-0.15, -0.1) is 0 Å². The third-order valence-electron chi connectivity index (χ3n) is 1.39. The largest absolute Gasteiger partial charge is 0.359 e. The lowest BCUT2D eigenvalue weighted by Gasteiger charge is -2.17. The van der Waals surface area contributed by atoms with Gasteiger partial charge in [-0.3, -0.25) is 8.86 Å². The van der Waals surface area contributed by atoms with Gasteiger partial charge in [-0.25, -0.2) is 0 Å². The summed E-state index contributed by atoms with van der Waals surface area (Å²) in [5.41, 5.74) is 0.991. The summed E-state index contributed by atoms with van der Waals surface area (Å²) in [4.78, 5) is 0. The first-order valence-corrected chi connectivity index (χ1v) is 4.49. The highest BCUT2D eigenvalue weighted by molar-refractivity contribution is 7.83. The van der Waals surface area contributed by atoms with Crippen molar-refractivity contribution in [2.24, 2.45) is 0 Å². The van der Waals surface area contributed by atoms with Crippen LogP contribution in [0.2, 0.25) is 0 Å². The minimum absolute atomic E-state index is 0.209. The Morgan fingerprint density at radius 3 is 2.64 bits per heavy atom. The van der Waals surface area contributed by atoms with E-state index in [2.05, 4.69) is 0 Å². The van der Waals surface area contributed by atoms with Crippen LogP contribution in [0.1, 0.15) is 6.92 Å². The molecular weight excluding hydrogens is 166 g/mol. The van der Waals surface area contributed by atoms with Crippen LogP contribution in [0.3, 0.4) is 0 Å². The Balaban J connectivity index is 2.79. The summed E-state index contributed by atoms with van der Waals surface area (Å²) in [6.45, 7) is 2.07. The normalized spacial score (nSPS) is 18.4. The van der Waals surface area contributed by atoms with Gasteiger partial charge in [0.1, 0.15) is 0 Å². The summed E-state index contributed by atoms with van der Waals surface area (Å²) >= 11 is 0. The second-order valence-corrected chi connectivity index (χ2v) is 3.68. The average Bonchev–Trinajstić information content (AvgIpc) is 1.86. The third-order valence-corrected chi connectivity index (χ3v) is 2.26. The lowest BCUT2D eigenvalue weighted by Crippen LogP contribution is -2.26. The zero-order valence-corrected chi connectivity index (χ0v) is 6.87. The summed E-state index contributed by atoms with van der Waals surface area (Å²) in [5, 5.41) is 0. The van der Waals surface area contributed by atoms with Gasteiger partial charge in [0.05, 0.1) is 6.54 Å². The van der Waals surface area contributed by atoms with Gasteiger partial charge in [-0.2, -0.15) is 8.42 Å². The number of rotatable bonds is 1. The fourth-order valence-electron chi connectivity index (χ4n) is 0.735. The predicted octanol–water partition coefficient (Wildman–Crippen LogP) is 0.565. The molecule has 0 aromatic rings. The third kappa shape index (κ3) is 2.06. The minimum atomic E-state index is -4.05. The number of allylic oxidation sites excluding steroid dienone is 2. The van der Waals surface area contributed by atoms with Crippen LogP contribution in [0.15, 0.2) is 23.9 Å². The highest BCUT2D eigenvalue weighted by Crippen LogP contribution is 2.08. The molecule has 1 heterocycles. The second kappa shape index (κ2) is 2.67. The van der Waals surface area contributed by atoms with Crippen molar-refractivity contribution >= 4 is 10.3 Å². The molecule has 0 bridgehead atoms. The van der Waals surface area contributed by atoms with Crippen molar-refractivity contribution in [1.82, 2.24) is 4.31 Å². The summed E-state index contributed by atoms with van der Waals surface area (Å²) in [6, 6.07) is 0. The quantitative estimate of drug-likeness (QED) is 0.592. The highest BCUT2D eigenvalue weighted by Gasteiger charge is 2.14. The molecule has 0 spiro atoms. The maximum absolute atomic E-state index is 10.5. The first-order valence-electron chi connectivity index (χ1n) is 3.09. The van der Waals surface area contributed by atoms with Crippen molar-refractivity contribution in [3.8, 4) is 0 Å². The van der Waals surface area contributed by atoms with Crippen LogP contribution in [0.5, 0.6) is 0 Å². The van der Waals surface area contributed by atoms with Crippen LogP contribution in [0.25, 0.3) is 0 Å². The van der Waals surface area contributed by atoms with Crippen molar-refractivity contribution < 1.29 is 13.0 Å². The van der Waals surface area contributed by atoms with Gasteiger partial charge < -0.3 is 0 Å². The Morgan fingerprint density at radius 2 is 2.27 bits per heavy atom. The molecule has 0 aliphatic carbocycles. The fraction of sp³-hybridized carbons (Fsp3) is 0.333. The van der Waals surface area contributed by atoms with Gasteiger partial charge in [0, 0.05) is 6.20 Å². The molecule has 5 heteroatoms. The maximum Gasteiger partial charge on any atom is 0.359 e. The van der Waals surface area contributed by atoms with Crippen molar-refractivity contribution in [1.29, 1.82) is 0 Å². The van der Waals surface area contributed by atoms with Gasteiger partial charge in [0.2, 0.25) is 0 Å².